The van der Waals surface area contributed by atoms with Crippen LogP contribution in [0.5, 0.6) is 0 Å². The van der Waals surface area contributed by atoms with Crippen LogP contribution >= 0.6 is 27.3 Å². The molecule has 0 aliphatic rings. The summed E-state index contributed by atoms with van der Waals surface area (Å²) in [5, 5.41) is 0. The first-order chi connectivity index (χ1) is 7.58. The molecule has 2 aromatic rings. The van der Waals surface area contributed by atoms with Gasteiger partial charge >= 0.3 is 0 Å². The van der Waals surface area contributed by atoms with Crippen LogP contribution in [0, 0.1) is 0 Å². The molecule has 0 atom stereocenters. The summed E-state index contributed by atoms with van der Waals surface area (Å²) in [6.07, 6.45) is 1.76. The molecule has 2 rings (SSSR count). The third kappa shape index (κ3) is 2.73. The van der Waals surface area contributed by atoms with E-state index in [1.165, 1.54) is 11.3 Å². The first kappa shape index (κ1) is 11.8. The lowest BCUT2D eigenvalue weighted by Gasteiger charge is -2.02. The molecule has 0 aromatic carbocycles. The maximum Gasteiger partial charge on any atom is 0.250 e. The molecule has 0 amide bonds. The standard InChI is InChI=1S/C9H9BrN2O2S2/c10-8-3-4-9(15-8)16(13,14)12-6-7-2-1-5-11-7/h1-5,11-12H,6H2. The second kappa shape index (κ2) is 4.70. The SMILES string of the molecule is O=S(=O)(NCc1ccc[nH]1)c1ccc(Br)s1. The predicted molar refractivity (Wildman–Crippen MR) is 66.8 cm³/mol. The second-order valence-electron chi connectivity index (χ2n) is 3.08. The molecule has 0 aliphatic heterocycles. The molecule has 7 heteroatoms. The van der Waals surface area contributed by atoms with Crippen molar-refractivity contribution in [2.45, 2.75) is 10.8 Å². The van der Waals surface area contributed by atoms with Gasteiger partial charge in [-0.3, -0.25) is 0 Å². The van der Waals surface area contributed by atoms with Gasteiger partial charge in [0.15, 0.2) is 0 Å². The number of halogens is 1. The Bertz CT molecular complexity index is 560. The Morgan fingerprint density at radius 1 is 1.38 bits per heavy atom. The fourth-order valence-electron chi connectivity index (χ4n) is 1.16. The Kier molecular flexibility index (Phi) is 3.48. The molecule has 4 nitrogen and oxygen atoms in total. The molecule has 2 heterocycles. The number of thiophene rings is 1. The molecule has 0 bridgehead atoms. The molecular formula is C9H9BrN2O2S2. The van der Waals surface area contributed by atoms with Crippen molar-refractivity contribution in [3.63, 3.8) is 0 Å². The van der Waals surface area contributed by atoms with Crippen molar-refractivity contribution >= 4 is 37.3 Å². The van der Waals surface area contributed by atoms with E-state index in [9.17, 15) is 8.42 Å². The zero-order chi connectivity index (χ0) is 11.6. The van der Waals surface area contributed by atoms with Crippen LogP contribution in [0.4, 0.5) is 0 Å². The Morgan fingerprint density at radius 2 is 2.19 bits per heavy atom. The lowest BCUT2D eigenvalue weighted by atomic mass is 10.4. The zero-order valence-electron chi connectivity index (χ0n) is 8.10. The van der Waals surface area contributed by atoms with Crippen LogP contribution in [0.25, 0.3) is 0 Å². The molecule has 0 spiro atoms. The predicted octanol–water partition coefficient (Wildman–Crippen LogP) is 2.32. The number of hydrogen-bond acceptors (Lipinski definition) is 3. The van der Waals surface area contributed by atoms with Crippen molar-refractivity contribution in [2.24, 2.45) is 0 Å². The van der Waals surface area contributed by atoms with Crippen LogP contribution in [0.2, 0.25) is 0 Å². The van der Waals surface area contributed by atoms with Crippen molar-refractivity contribution in [3.05, 3.63) is 39.9 Å². The molecule has 0 saturated heterocycles. The number of rotatable bonds is 4. The fraction of sp³-hybridized carbons (Fsp3) is 0.111. The molecule has 0 saturated carbocycles. The maximum atomic E-state index is 11.8. The zero-order valence-corrected chi connectivity index (χ0v) is 11.3. The highest BCUT2D eigenvalue weighted by atomic mass is 79.9. The summed E-state index contributed by atoms with van der Waals surface area (Å²) in [7, 11) is -3.40. The minimum Gasteiger partial charge on any atom is -0.364 e. The van der Waals surface area contributed by atoms with Gasteiger partial charge in [0.1, 0.15) is 4.21 Å². The maximum absolute atomic E-state index is 11.8. The lowest BCUT2D eigenvalue weighted by molar-refractivity contribution is 0.583. The average molecular weight is 321 g/mol. The van der Waals surface area contributed by atoms with E-state index in [0.29, 0.717) is 4.21 Å². The van der Waals surface area contributed by atoms with E-state index in [2.05, 4.69) is 25.6 Å². The van der Waals surface area contributed by atoms with Gasteiger partial charge in [-0.2, -0.15) is 0 Å². The minimum absolute atomic E-state index is 0.269. The Morgan fingerprint density at radius 3 is 2.75 bits per heavy atom. The first-order valence-electron chi connectivity index (χ1n) is 4.45. The van der Waals surface area contributed by atoms with Gasteiger partial charge in [-0.05, 0) is 40.2 Å². The molecule has 2 aromatic heterocycles. The van der Waals surface area contributed by atoms with Crippen molar-refractivity contribution in [2.75, 3.05) is 0 Å². The van der Waals surface area contributed by atoms with Gasteiger partial charge in [0, 0.05) is 11.9 Å². The van der Waals surface area contributed by atoms with Gasteiger partial charge in [-0.25, -0.2) is 13.1 Å². The number of hydrogen-bond donors (Lipinski definition) is 2. The highest BCUT2D eigenvalue weighted by Crippen LogP contribution is 2.25. The van der Waals surface area contributed by atoms with Gasteiger partial charge < -0.3 is 4.98 Å². The molecule has 16 heavy (non-hydrogen) atoms. The average Bonchev–Trinajstić information content (AvgIpc) is 2.85. The highest BCUT2D eigenvalue weighted by molar-refractivity contribution is 9.11. The molecule has 0 fully saturated rings. The van der Waals surface area contributed by atoms with Crippen LogP contribution < -0.4 is 4.72 Å². The van der Waals surface area contributed by atoms with Crippen LogP contribution in [0.15, 0.2) is 38.5 Å². The van der Waals surface area contributed by atoms with E-state index < -0.39 is 10.0 Å². The smallest absolute Gasteiger partial charge is 0.250 e. The van der Waals surface area contributed by atoms with E-state index >= 15 is 0 Å². The molecule has 0 radical (unpaired) electrons. The van der Waals surface area contributed by atoms with E-state index in [4.69, 9.17) is 0 Å². The Labute approximate surface area is 106 Å². The third-order valence-corrected chi connectivity index (χ3v) is 5.45. The minimum atomic E-state index is -3.40. The second-order valence-corrected chi connectivity index (χ2v) is 7.54. The Hall–Kier alpha value is -0.630. The van der Waals surface area contributed by atoms with E-state index in [0.717, 1.165) is 9.48 Å². The number of aromatic nitrogens is 1. The van der Waals surface area contributed by atoms with Gasteiger partial charge in [-0.15, -0.1) is 11.3 Å². The summed E-state index contributed by atoms with van der Waals surface area (Å²) >= 11 is 4.42. The lowest BCUT2D eigenvalue weighted by Crippen LogP contribution is -2.22. The summed E-state index contributed by atoms with van der Waals surface area (Å²) in [4.78, 5) is 2.93. The van der Waals surface area contributed by atoms with Crippen LogP contribution in [-0.4, -0.2) is 13.4 Å². The van der Waals surface area contributed by atoms with E-state index in [1.54, 1.807) is 18.3 Å². The highest BCUT2D eigenvalue weighted by Gasteiger charge is 2.15. The van der Waals surface area contributed by atoms with Crippen LogP contribution in [0.3, 0.4) is 0 Å². The summed E-state index contributed by atoms with van der Waals surface area (Å²) in [5.74, 6) is 0. The third-order valence-electron chi connectivity index (χ3n) is 1.93. The van der Waals surface area contributed by atoms with E-state index in [-0.39, 0.29) is 6.54 Å². The number of aromatic amines is 1. The number of sulfonamides is 1. The van der Waals surface area contributed by atoms with Crippen molar-refractivity contribution in [3.8, 4) is 0 Å². The normalized spacial score (nSPS) is 11.8. The fourth-order valence-corrected chi connectivity index (χ4v) is 4.22. The number of H-pyrrole nitrogens is 1. The molecular weight excluding hydrogens is 312 g/mol. The topological polar surface area (TPSA) is 62.0 Å². The van der Waals surface area contributed by atoms with Gasteiger partial charge in [0.25, 0.3) is 0 Å². The molecule has 86 valence electrons. The van der Waals surface area contributed by atoms with Crippen molar-refractivity contribution in [1.29, 1.82) is 0 Å². The van der Waals surface area contributed by atoms with Crippen LogP contribution in [0.1, 0.15) is 5.69 Å². The first-order valence-corrected chi connectivity index (χ1v) is 7.54. The quantitative estimate of drug-likeness (QED) is 0.908. The molecule has 0 aliphatic carbocycles. The summed E-state index contributed by atoms with van der Waals surface area (Å²) in [5.41, 5.74) is 0.833. The Balaban J connectivity index is 2.09. The summed E-state index contributed by atoms with van der Waals surface area (Å²) < 4.78 is 27.2. The van der Waals surface area contributed by atoms with Crippen LogP contribution in [-0.2, 0) is 16.6 Å². The summed E-state index contributed by atoms with van der Waals surface area (Å²) in [6.45, 7) is 0.269. The van der Waals surface area contributed by atoms with Gasteiger partial charge in [0.2, 0.25) is 10.0 Å². The largest absolute Gasteiger partial charge is 0.364 e. The monoisotopic (exact) mass is 320 g/mol. The summed E-state index contributed by atoms with van der Waals surface area (Å²) in [6, 6.07) is 6.94. The van der Waals surface area contributed by atoms with Crippen molar-refractivity contribution < 1.29 is 8.42 Å². The van der Waals surface area contributed by atoms with Gasteiger partial charge in [-0.1, -0.05) is 0 Å². The van der Waals surface area contributed by atoms with Gasteiger partial charge in [0.05, 0.1) is 10.3 Å². The number of nitrogens with one attached hydrogen (secondary N) is 2. The molecule has 2 N–H and O–H groups in total. The van der Waals surface area contributed by atoms with E-state index in [1.807, 2.05) is 12.1 Å². The van der Waals surface area contributed by atoms with Crippen molar-refractivity contribution in [1.82, 2.24) is 9.71 Å². The molecule has 0 unspecified atom stereocenters.